The van der Waals surface area contributed by atoms with Gasteiger partial charge in [0.25, 0.3) is 5.91 Å². The summed E-state index contributed by atoms with van der Waals surface area (Å²) in [5.41, 5.74) is 2.66. The standard InChI is InChI=1S/C24H19ClN2O3S/c1-29-21-17-9-11-26-20(14-5-4-6-15(25)13-14)22(17)31-23(21)24(28)27-18-10-12-30-19-8-3-2-7-16(18)19/h2-9,11,13,18H,10,12H2,1H3,(H,27,28)/t18-/m0/s1. The number of aromatic nitrogens is 1. The molecule has 0 saturated carbocycles. The van der Waals surface area contributed by atoms with Crippen molar-refractivity contribution in [3.8, 4) is 22.8 Å². The molecule has 7 heteroatoms. The Morgan fingerprint density at radius 3 is 2.94 bits per heavy atom. The maximum Gasteiger partial charge on any atom is 0.265 e. The van der Waals surface area contributed by atoms with Crippen LogP contribution < -0.4 is 14.8 Å². The van der Waals surface area contributed by atoms with Crippen molar-refractivity contribution in [3.05, 3.63) is 76.3 Å². The Kier molecular flexibility index (Phi) is 5.26. The van der Waals surface area contributed by atoms with E-state index in [4.69, 9.17) is 21.1 Å². The first-order chi connectivity index (χ1) is 15.2. The molecule has 2 aromatic carbocycles. The Bertz CT molecular complexity index is 1290. The maximum absolute atomic E-state index is 13.3. The molecule has 1 atom stereocenters. The van der Waals surface area contributed by atoms with E-state index in [-0.39, 0.29) is 11.9 Å². The summed E-state index contributed by atoms with van der Waals surface area (Å²) in [6.07, 6.45) is 2.44. The number of carbonyl (C=O) groups excluding carboxylic acids is 1. The minimum absolute atomic E-state index is 0.113. The van der Waals surface area contributed by atoms with Crippen molar-refractivity contribution < 1.29 is 14.3 Å². The van der Waals surface area contributed by atoms with Gasteiger partial charge in [0.05, 0.1) is 30.2 Å². The zero-order valence-electron chi connectivity index (χ0n) is 16.7. The molecule has 0 radical (unpaired) electrons. The number of halogens is 1. The highest BCUT2D eigenvalue weighted by molar-refractivity contribution is 7.21. The van der Waals surface area contributed by atoms with E-state index in [1.807, 2.05) is 54.6 Å². The van der Waals surface area contributed by atoms with Gasteiger partial charge in [-0.15, -0.1) is 11.3 Å². The number of benzene rings is 2. The second kappa shape index (κ2) is 8.21. The van der Waals surface area contributed by atoms with Gasteiger partial charge in [-0.2, -0.15) is 0 Å². The number of ether oxygens (including phenoxy) is 2. The van der Waals surface area contributed by atoms with Gasteiger partial charge in [0, 0.05) is 34.2 Å². The lowest BCUT2D eigenvalue weighted by molar-refractivity contribution is 0.0926. The lowest BCUT2D eigenvalue weighted by Crippen LogP contribution is -2.31. The lowest BCUT2D eigenvalue weighted by atomic mass is 10.0. The molecule has 1 aliphatic heterocycles. The predicted molar refractivity (Wildman–Crippen MR) is 123 cm³/mol. The van der Waals surface area contributed by atoms with Crippen molar-refractivity contribution in [1.29, 1.82) is 0 Å². The predicted octanol–water partition coefficient (Wildman–Crippen LogP) is 5.88. The Labute approximate surface area is 188 Å². The number of amides is 1. The van der Waals surface area contributed by atoms with Gasteiger partial charge >= 0.3 is 0 Å². The number of nitrogens with zero attached hydrogens (tertiary/aromatic N) is 1. The first kappa shape index (κ1) is 19.8. The minimum Gasteiger partial charge on any atom is -0.494 e. The van der Waals surface area contributed by atoms with Gasteiger partial charge in [0.2, 0.25) is 0 Å². The fourth-order valence-electron chi connectivity index (χ4n) is 3.91. The minimum atomic E-state index is -0.170. The third-order valence-corrected chi connectivity index (χ3v) is 6.76. The van der Waals surface area contributed by atoms with Crippen LogP contribution in [-0.2, 0) is 0 Å². The van der Waals surface area contributed by atoms with Gasteiger partial charge in [-0.1, -0.05) is 41.9 Å². The van der Waals surface area contributed by atoms with Crippen LogP contribution in [0.15, 0.2) is 60.8 Å². The summed E-state index contributed by atoms with van der Waals surface area (Å²) in [5, 5.41) is 4.66. The van der Waals surface area contributed by atoms with Crippen LogP contribution in [0.2, 0.25) is 5.02 Å². The second-order valence-corrected chi connectivity index (χ2v) is 8.67. The highest BCUT2D eigenvalue weighted by Gasteiger charge is 2.27. The lowest BCUT2D eigenvalue weighted by Gasteiger charge is -2.26. The first-order valence-electron chi connectivity index (χ1n) is 9.89. The van der Waals surface area contributed by atoms with E-state index in [1.54, 1.807) is 13.3 Å². The van der Waals surface area contributed by atoms with Crippen LogP contribution in [0.3, 0.4) is 0 Å². The zero-order chi connectivity index (χ0) is 21.4. The summed E-state index contributed by atoms with van der Waals surface area (Å²) in [7, 11) is 1.58. The fraction of sp³-hybridized carbons (Fsp3) is 0.167. The molecule has 5 rings (SSSR count). The van der Waals surface area contributed by atoms with Crippen molar-refractivity contribution in [1.82, 2.24) is 10.3 Å². The molecule has 0 fully saturated rings. The molecule has 0 saturated heterocycles. The number of methoxy groups -OCH3 is 1. The number of thiophene rings is 1. The number of pyridine rings is 1. The van der Waals surface area contributed by atoms with Crippen LogP contribution in [0, 0.1) is 0 Å². The number of para-hydroxylation sites is 1. The SMILES string of the molecule is COc1c(C(=O)N[C@H]2CCOc3ccccc32)sc2c(-c3cccc(Cl)c3)nccc12. The molecule has 0 spiro atoms. The van der Waals surface area contributed by atoms with E-state index >= 15 is 0 Å². The van der Waals surface area contributed by atoms with Crippen molar-refractivity contribution in [2.45, 2.75) is 12.5 Å². The van der Waals surface area contributed by atoms with E-state index in [1.165, 1.54) is 11.3 Å². The first-order valence-corrected chi connectivity index (χ1v) is 11.1. The number of fused-ring (bicyclic) bond motifs is 2. The number of carbonyl (C=O) groups is 1. The molecule has 0 aliphatic carbocycles. The van der Waals surface area contributed by atoms with Crippen molar-refractivity contribution >= 4 is 38.9 Å². The Balaban J connectivity index is 1.55. The van der Waals surface area contributed by atoms with Gasteiger partial charge in [-0.25, -0.2) is 0 Å². The molecular weight excluding hydrogens is 432 g/mol. The van der Waals surface area contributed by atoms with Crippen LogP contribution in [0.5, 0.6) is 11.5 Å². The number of hydrogen-bond donors (Lipinski definition) is 1. The highest BCUT2D eigenvalue weighted by atomic mass is 35.5. The molecule has 156 valence electrons. The molecular formula is C24H19ClN2O3S. The second-order valence-electron chi connectivity index (χ2n) is 7.21. The topological polar surface area (TPSA) is 60.5 Å². The zero-order valence-corrected chi connectivity index (χ0v) is 18.3. The van der Waals surface area contributed by atoms with Crippen molar-refractivity contribution in [2.24, 2.45) is 0 Å². The quantitative estimate of drug-likeness (QED) is 0.422. The molecule has 0 bridgehead atoms. The van der Waals surface area contributed by atoms with Gasteiger partial charge in [0.15, 0.2) is 0 Å². The Hall–Kier alpha value is -3.09. The smallest absolute Gasteiger partial charge is 0.265 e. The number of nitrogens with one attached hydrogen (secondary N) is 1. The van der Waals surface area contributed by atoms with E-state index in [2.05, 4.69) is 10.3 Å². The van der Waals surface area contributed by atoms with E-state index in [9.17, 15) is 4.79 Å². The molecule has 1 aliphatic rings. The Morgan fingerprint density at radius 1 is 1.23 bits per heavy atom. The van der Waals surface area contributed by atoms with Gasteiger partial charge in [0.1, 0.15) is 16.4 Å². The van der Waals surface area contributed by atoms with Crippen molar-refractivity contribution in [2.75, 3.05) is 13.7 Å². The van der Waals surface area contributed by atoms with E-state index in [0.717, 1.165) is 32.7 Å². The summed E-state index contributed by atoms with van der Waals surface area (Å²) in [6.45, 7) is 0.564. The third-order valence-electron chi connectivity index (χ3n) is 5.33. The summed E-state index contributed by atoms with van der Waals surface area (Å²) < 4.78 is 12.3. The molecule has 5 nitrogen and oxygen atoms in total. The number of hydrogen-bond acceptors (Lipinski definition) is 5. The summed E-state index contributed by atoms with van der Waals surface area (Å²) in [6, 6.07) is 17.1. The van der Waals surface area contributed by atoms with Gasteiger partial charge in [-0.05, 0) is 24.3 Å². The Morgan fingerprint density at radius 2 is 2.10 bits per heavy atom. The average molecular weight is 451 g/mol. The van der Waals surface area contributed by atoms with E-state index < -0.39 is 0 Å². The molecule has 2 aromatic heterocycles. The largest absolute Gasteiger partial charge is 0.494 e. The van der Waals surface area contributed by atoms with Crippen LogP contribution in [0.25, 0.3) is 21.3 Å². The van der Waals surface area contributed by atoms with Gasteiger partial charge in [-0.3, -0.25) is 9.78 Å². The van der Waals surface area contributed by atoms with Crippen LogP contribution in [0.1, 0.15) is 27.7 Å². The fourth-order valence-corrected chi connectivity index (χ4v) is 5.28. The molecule has 31 heavy (non-hydrogen) atoms. The summed E-state index contributed by atoms with van der Waals surface area (Å²) in [4.78, 5) is 18.4. The van der Waals surface area contributed by atoms with Gasteiger partial charge < -0.3 is 14.8 Å². The molecule has 4 aromatic rings. The highest BCUT2D eigenvalue weighted by Crippen LogP contribution is 2.42. The average Bonchev–Trinajstić information content (AvgIpc) is 3.18. The van der Waals surface area contributed by atoms with Crippen molar-refractivity contribution in [3.63, 3.8) is 0 Å². The molecule has 1 N–H and O–H groups in total. The summed E-state index contributed by atoms with van der Waals surface area (Å²) in [5.74, 6) is 1.20. The van der Waals surface area contributed by atoms with E-state index in [0.29, 0.717) is 28.7 Å². The normalized spacial score (nSPS) is 15.2. The van der Waals surface area contributed by atoms with Crippen LogP contribution in [-0.4, -0.2) is 24.6 Å². The maximum atomic E-state index is 13.3. The number of rotatable bonds is 4. The monoisotopic (exact) mass is 450 g/mol. The third kappa shape index (κ3) is 3.62. The van der Waals surface area contributed by atoms with Crippen LogP contribution >= 0.6 is 22.9 Å². The summed E-state index contributed by atoms with van der Waals surface area (Å²) >= 11 is 7.57. The molecule has 3 heterocycles. The molecule has 1 amide bonds. The molecule has 0 unspecified atom stereocenters. The van der Waals surface area contributed by atoms with Crippen LogP contribution in [0.4, 0.5) is 0 Å².